The standard InChI is InChI=1S/C19H22.C2H6/c1-3-4-11-16(2)19(17-12-7-5-8-13-17)18-14-9-6-10-15-18;1-2/h3-14,18-19H,15H2,1-2H3;1-2H3/b4-3-,16-11+;/t18-,19?;/m0./s1. The predicted molar refractivity (Wildman–Crippen MR) is 95.5 cm³/mol. The highest BCUT2D eigenvalue weighted by Gasteiger charge is 2.22. The molecule has 0 saturated heterocycles. The Morgan fingerprint density at radius 3 is 2.43 bits per heavy atom. The van der Waals surface area contributed by atoms with Crippen molar-refractivity contribution < 1.29 is 0 Å². The number of allylic oxidation sites excluding steroid dienone is 8. The highest BCUT2D eigenvalue weighted by atomic mass is 14.3. The Kier molecular flexibility index (Phi) is 8.19. The molecule has 2 rings (SSSR count). The van der Waals surface area contributed by atoms with Crippen LogP contribution in [0.5, 0.6) is 0 Å². The van der Waals surface area contributed by atoms with E-state index in [1.807, 2.05) is 13.8 Å². The summed E-state index contributed by atoms with van der Waals surface area (Å²) in [5.41, 5.74) is 2.83. The maximum atomic E-state index is 2.34. The summed E-state index contributed by atoms with van der Waals surface area (Å²) in [5, 5.41) is 0. The van der Waals surface area contributed by atoms with E-state index in [1.165, 1.54) is 11.1 Å². The topological polar surface area (TPSA) is 0 Å². The van der Waals surface area contributed by atoms with Gasteiger partial charge in [-0.3, -0.25) is 0 Å². The van der Waals surface area contributed by atoms with Gasteiger partial charge in [0.15, 0.2) is 0 Å². The van der Waals surface area contributed by atoms with Gasteiger partial charge in [0, 0.05) is 5.92 Å². The van der Waals surface area contributed by atoms with E-state index in [0.29, 0.717) is 11.8 Å². The van der Waals surface area contributed by atoms with Crippen molar-refractivity contribution in [3.63, 3.8) is 0 Å². The van der Waals surface area contributed by atoms with Crippen LogP contribution in [0.15, 0.2) is 78.4 Å². The molecule has 0 aliphatic heterocycles. The molecule has 0 bridgehead atoms. The van der Waals surface area contributed by atoms with Crippen molar-refractivity contribution in [3.8, 4) is 0 Å². The van der Waals surface area contributed by atoms with Gasteiger partial charge in [0.05, 0.1) is 0 Å². The van der Waals surface area contributed by atoms with E-state index in [9.17, 15) is 0 Å². The smallest absolute Gasteiger partial charge is 0.0114 e. The van der Waals surface area contributed by atoms with Gasteiger partial charge in [-0.05, 0) is 31.7 Å². The zero-order valence-electron chi connectivity index (χ0n) is 13.8. The minimum Gasteiger partial charge on any atom is -0.0877 e. The van der Waals surface area contributed by atoms with Crippen molar-refractivity contribution in [1.29, 1.82) is 0 Å². The quantitative estimate of drug-likeness (QED) is 0.556. The maximum Gasteiger partial charge on any atom is 0.0114 e. The van der Waals surface area contributed by atoms with Gasteiger partial charge in [-0.25, -0.2) is 0 Å². The molecule has 2 atom stereocenters. The van der Waals surface area contributed by atoms with E-state index < -0.39 is 0 Å². The summed E-state index contributed by atoms with van der Waals surface area (Å²) in [5.74, 6) is 1.03. The van der Waals surface area contributed by atoms with Crippen LogP contribution in [0.1, 0.15) is 45.6 Å². The lowest BCUT2D eigenvalue weighted by Gasteiger charge is -2.26. The average molecular weight is 280 g/mol. The molecule has 1 aromatic rings. The normalized spacial score (nSPS) is 19.2. The van der Waals surface area contributed by atoms with Gasteiger partial charge in [-0.1, -0.05) is 92.3 Å². The molecule has 1 unspecified atom stereocenters. The summed E-state index contributed by atoms with van der Waals surface area (Å²) < 4.78 is 0. The maximum absolute atomic E-state index is 2.34. The van der Waals surface area contributed by atoms with Gasteiger partial charge in [0.25, 0.3) is 0 Å². The van der Waals surface area contributed by atoms with Crippen molar-refractivity contribution in [3.05, 3.63) is 84.0 Å². The first-order chi connectivity index (χ1) is 10.3. The number of rotatable bonds is 4. The summed E-state index contributed by atoms with van der Waals surface area (Å²) in [7, 11) is 0. The molecule has 0 heterocycles. The molecule has 0 spiro atoms. The van der Waals surface area contributed by atoms with Crippen molar-refractivity contribution >= 4 is 0 Å². The zero-order valence-corrected chi connectivity index (χ0v) is 13.8. The first-order valence-electron chi connectivity index (χ1n) is 8.00. The first kappa shape index (κ1) is 17.2. The van der Waals surface area contributed by atoms with Crippen LogP contribution in [-0.2, 0) is 0 Å². The molecular weight excluding hydrogens is 252 g/mol. The fraction of sp³-hybridized carbons (Fsp3) is 0.333. The van der Waals surface area contributed by atoms with Crippen LogP contribution in [0.4, 0.5) is 0 Å². The van der Waals surface area contributed by atoms with Gasteiger partial charge in [-0.15, -0.1) is 0 Å². The molecule has 21 heavy (non-hydrogen) atoms. The van der Waals surface area contributed by atoms with E-state index >= 15 is 0 Å². The molecule has 112 valence electrons. The Labute approximate surface area is 130 Å². The van der Waals surface area contributed by atoms with Crippen LogP contribution in [0.2, 0.25) is 0 Å². The lowest BCUT2D eigenvalue weighted by atomic mass is 9.78. The summed E-state index contributed by atoms with van der Waals surface area (Å²) in [4.78, 5) is 0. The van der Waals surface area contributed by atoms with Crippen LogP contribution in [0.3, 0.4) is 0 Å². The van der Waals surface area contributed by atoms with Gasteiger partial charge < -0.3 is 0 Å². The van der Waals surface area contributed by atoms with Gasteiger partial charge in [0.2, 0.25) is 0 Å². The second-order valence-corrected chi connectivity index (χ2v) is 5.04. The second-order valence-electron chi connectivity index (χ2n) is 5.04. The molecule has 0 nitrogen and oxygen atoms in total. The van der Waals surface area contributed by atoms with Crippen molar-refractivity contribution in [2.24, 2.45) is 5.92 Å². The lowest BCUT2D eigenvalue weighted by molar-refractivity contribution is 0.564. The predicted octanol–water partition coefficient (Wildman–Crippen LogP) is 6.45. The van der Waals surface area contributed by atoms with Crippen LogP contribution < -0.4 is 0 Å². The Bertz CT molecular complexity index is 500. The minimum absolute atomic E-state index is 0.471. The highest BCUT2D eigenvalue weighted by Crippen LogP contribution is 2.36. The largest absolute Gasteiger partial charge is 0.0877 e. The average Bonchev–Trinajstić information content (AvgIpc) is 2.57. The van der Waals surface area contributed by atoms with E-state index in [-0.39, 0.29) is 0 Å². The second kappa shape index (κ2) is 9.99. The third-order valence-electron chi connectivity index (χ3n) is 3.64. The molecular formula is C21H28. The Balaban J connectivity index is 0.00000106. The van der Waals surface area contributed by atoms with Crippen LogP contribution in [-0.4, -0.2) is 0 Å². The molecule has 0 aromatic heterocycles. The third-order valence-corrected chi connectivity index (χ3v) is 3.64. The summed E-state index contributed by atoms with van der Waals surface area (Å²) in [6.07, 6.45) is 16.5. The lowest BCUT2D eigenvalue weighted by Crippen LogP contribution is -2.13. The Hall–Kier alpha value is -1.82. The molecule has 0 amide bonds. The van der Waals surface area contributed by atoms with E-state index in [0.717, 1.165) is 6.42 Å². The molecule has 1 aliphatic carbocycles. The van der Waals surface area contributed by atoms with Crippen molar-refractivity contribution in [2.75, 3.05) is 0 Å². The van der Waals surface area contributed by atoms with Crippen LogP contribution >= 0.6 is 0 Å². The SMILES string of the molecule is C/C=C\C=C(/C)C(c1ccccc1)[C@H]1C=CC=CC1.CC. The fourth-order valence-corrected chi connectivity index (χ4v) is 2.71. The molecule has 1 aliphatic rings. The van der Waals surface area contributed by atoms with Crippen LogP contribution in [0, 0.1) is 5.92 Å². The molecule has 0 saturated carbocycles. The number of hydrogen-bond acceptors (Lipinski definition) is 0. The van der Waals surface area contributed by atoms with Crippen LogP contribution in [0.25, 0.3) is 0 Å². The fourth-order valence-electron chi connectivity index (χ4n) is 2.71. The van der Waals surface area contributed by atoms with E-state index in [2.05, 4.69) is 86.7 Å². The van der Waals surface area contributed by atoms with Crippen molar-refractivity contribution in [2.45, 2.75) is 40.0 Å². The van der Waals surface area contributed by atoms with Gasteiger partial charge in [-0.2, -0.15) is 0 Å². The van der Waals surface area contributed by atoms with Gasteiger partial charge >= 0.3 is 0 Å². The molecule has 0 fully saturated rings. The van der Waals surface area contributed by atoms with E-state index in [1.54, 1.807) is 0 Å². The Morgan fingerprint density at radius 1 is 1.14 bits per heavy atom. The third kappa shape index (κ3) is 5.23. The van der Waals surface area contributed by atoms with Gasteiger partial charge in [0.1, 0.15) is 0 Å². The molecule has 0 N–H and O–H groups in total. The summed E-state index contributed by atoms with van der Waals surface area (Å²) in [6.45, 7) is 8.30. The molecule has 0 heteroatoms. The summed E-state index contributed by atoms with van der Waals surface area (Å²) in [6, 6.07) is 10.8. The summed E-state index contributed by atoms with van der Waals surface area (Å²) >= 11 is 0. The Morgan fingerprint density at radius 2 is 1.86 bits per heavy atom. The highest BCUT2D eigenvalue weighted by molar-refractivity contribution is 5.33. The van der Waals surface area contributed by atoms with E-state index in [4.69, 9.17) is 0 Å². The monoisotopic (exact) mass is 280 g/mol. The number of hydrogen-bond donors (Lipinski definition) is 0. The van der Waals surface area contributed by atoms with Crippen molar-refractivity contribution in [1.82, 2.24) is 0 Å². The molecule has 0 radical (unpaired) electrons. The zero-order chi connectivity index (χ0) is 15.5. The molecule has 1 aromatic carbocycles. The first-order valence-corrected chi connectivity index (χ1v) is 8.00. The number of benzene rings is 1. The minimum atomic E-state index is 0.471.